The van der Waals surface area contributed by atoms with Gasteiger partial charge in [-0.15, -0.1) is 0 Å². The molecule has 1 aliphatic heterocycles. The third-order valence-electron chi connectivity index (χ3n) is 6.76. The zero-order valence-electron chi connectivity index (χ0n) is 20.7. The molecule has 7 nitrogen and oxygen atoms in total. The summed E-state index contributed by atoms with van der Waals surface area (Å²) in [5.41, 5.74) is 4.62. The van der Waals surface area contributed by atoms with E-state index in [9.17, 15) is 4.79 Å². The summed E-state index contributed by atoms with van der Waals surface area (Å²) in [6.45, 7) is 2.59. The monoisotopic (exact) mass is 466 g/mol. The van der Waals surface area contributed by atoms with Gasteiger partial charge >= 0.3 is 0 Å². The van der Waals surface area contributed by atoms with E-state index in [4.69, 9.17) is 18.9 Å². The topological polar surface area (TPSA) is 60.5 Å². The SMILES string of the molecule is COc1cc2c(cc1OC)CC(=O)N(CCCN(C)C[C@@H]1Cc3cc(OC)c(OC)cc31)C=C2. The summed E-state index contributed by atoms with van der Waals surface area (Å²) in [4.78, 5) is 17.0. The number of methoxy groups -OCH3 is 4. The first-order valence-electron chi connectivity index (χ1n) is 11.6. The fourth-order valence-electron chi connectivity index (χ4n) is 4.84. The van der Waals surface area contributed by atoms with Crippen LogP contribution in [0.5, 0.6) is 23.0 Å². The molecule has 0 bridgehead atoms. The van der Waals surface area contributed by atoms with Crippen LogP contribution in [0.1, 0.15) is 34.6 Å². The molecule has 2 aromatic carbocycles. The standard InChI is InChI=1S/C27H34N2O5/c1-28(17-21-11-20-14-25(33-4)26(34-5)16-22(20)21)8-6-9-29-10-7-18-12-23(31-2)24(32-3)13-19(18)15-27(29)30/h7,10,12-14,16,21H,6,8-9,11,15,17H2,1-5H3/t21-/m0/s1. The van der Waals surface area contributed by atoms with E-state index in [1.54, 1.807) is 28.4 Å². The Morgan fingerprint density at radius 1 is 0.912 bits per heavy atom. The summed E-state index contributed by atoms with van der Waals surface area (Å²) in [6.07, 6.45) is 6.18. The maximum absolute atomic E-state index is 12.9. The Morgan fingerprint density at radius 3 is 2.21 bits per heavy atom. The second kappa shape index (κ2) is 10.4. The van der Waals surface area contributed by atoms with Gasteiger partial charge in [0, 0.05) is 25.2 Å². The third kappa shape index (κ3) is 4.85. The normalized spacial score (nSPS) is 16.5. The van der Waals surface area contributed by atoms with Gasteiger partial charge in [0.25, 0.3) is 0 Å². The molecule has 1 atom stereocenters. The van der Waals surface area contributed by atoms with Crippen molar-refractivity contribution >= 4 is 12.0 Å². The predicted octanol–water partition coefficient (Wildman–Crippen LogP) is 3.74. The number of carbonyl (C=O) groups is 1. The molecule has 4 rings (SSSR count). The molecule has 7 heteroatoms. The number of amides is 1. The highest BCUT2D eigenvalue weighted by atomic mass is 16.5. The highest BCUT2D eigenvalue weighted by Gasteiger charge is 2.29. The van der Waals surface area contributed by atoms with Crippen LogP contribution in [-0.2, 0) is 17.6 Å². The lowest BCUT2D eigenvalue weighted by atomic mass is 9.77. The molecule has 0 N–H and O–H groups in total. The largest absolute Gasteiger partial charge is 0.493 e. The summed E-state index contributed by atoms with van der Waals surface area (Å²) in [5.74, 6) is 3.49. The summed E-state index contributed by atoms with van der Waals surface area (Å²) in [6, 6.07) is 8.02. The van der Waals surface area contributed by atoms with Gasteiger partial charge < -0.3 is 28.7 Å². The minimum absolute atomic E-state index is 0.0961. The Bertz CT molecular complexity index is 1080. The van der Waals surface area contributed by atoms with E-state index >= 15 is 0 Å². The Balaban J connectivity index is 1.30. The molecule has 0 radical (unpaired) electrons. The molecule has 1 heterocycles. The quantitative estimate of drug-likeness (QED) is 0.532. The van der Waals surface area contributed by atoms with Crippen molar-refractivity contribution in [3.05, 3.63) is 52.7 Å². The van der Waals surface area contributed by atoms with E-state index in [1.807, 2.05) is 29.3 Å². The van der Waals surface area contributed by atoms with Crippen LogP contribution in [0, 0.1) is 0 Å². The van der Waals surface area contributed by atoms with E-state index in [0.717, 1.165) is 48.6 Å². The average molecular weight is 467 g/mol. The summed E-state index contributed by atoms with van der Waals surface area (Å²) in [5, 5.41) is 0. The Morgan fingerprint density at radius 2 is 1.53 bits per heavy atom. The van der Waals surface area contributed by atoms with Gasteiger partial charge in [0.05, 0.1) is 34.9 Å². The van der Waals surface area contributed by atoms with Crippen molar-refractivity contribution < 1.29 is 23.7 Å². The Kier molecular flexibility index (Phi) is 7.32. The fourth-order valence-corrected chi connectivity index (χ4v) is 4.84. The molecule has 0 spiro atoms. The van der Waals surface area contributed by atoms with Gasteiger partial charge in [-0.2, -0.15) is 0 Å². The van der Waals surface area contributed by atoms with Gasteiger partial charge in [-0.3, -0.25) is 4.79 Å². The number of hydrogen-bond donors (Lipinski definition) is 0. The third-order valence-corrected chi connectivity index (χ3v) is 6.76. The first-order valence-corrected chi connectivity index (χ1v) is 11.6. The highest BCUT2D eigenvalue weighted by Crippen LogP contribution is 2.42. The van der Waals surface area contributed by atoms with Crippen molar-refractivity contribution in [2.24, 2.45) is 0 Å². The van der Waals surface area contributed by atoms with E-state index in [1.165, 1.54) is 11.1 Å². The second-order valence-corrected chi connectivity index (χ2v) is 8.91. The second-order valence-electron chi connectivity index (χ2n) is 8.91. The first kappa shape index (κ1) is 24.0. The lowest BCUT2D eigenvalue weighted by Gasteiger charge is -2.34. The van der Waals surface area contributed by atoms with E-state index in [0.29, 0.717) is 30.4 Å². The predicted molar refractivity (Wildman–Crippen MR) is 132 cm³/mol. The minimum Gasteiger partial charge on any atom is -0.493 e. The zero-order chi connectivity index (χ0) is 24.2. The van der Waals surface area contributed by atoms with Gasteiger partial charge in [0.2, 0.25) is 5.91 Å². The molecule has 0 unspecified atom stereocenters. The highest BCUT2D eigenvalue weighted by molar-refractivity contribution is 5.84. The van der Waals surface area contributed by atoms with Crippen molar-refractivity contribution in [2.75, 3.05) is 55.1 Å². The summed E-state index contributed by atoms with van der Waals surface area (Å²) in [7, 11) is 8.72. The van der Waals surface area contributed by atoms with Crippen molar-refractivity contribution in [2.45, 2.75) is 25.2 Å². The number of likely N-dealkylation sites (N-methyl/N-ethyl adjacent to an activating group) is 1. The Labute approximate surface area is 201 Å². The van der Waals surface area contributed by atoms with Crippen LogP contribution < -0.4 is 18.9 Å². The van der Waals surface area contributed by atoms with E-state index in [2.05, 4.69) is 24.1 Å². The van der Waals surface area contributed by atoms with Gasteiger partial charge in [0.15, 0.2) is 23.0 Å². The maximum Gasteiger partial charge on any atom is 0.230 e. The van der Waals surface area contributed by atoms with E-state index < -0.39 is 0 Å². The minimum atomic E-state index is 0.0961. The molecular weight excluding hydrogens is 432 g/mol. The van der Waals surface area contributed by atoms with Crippen LogP contribution in [0.4, 0.5) is 0 Å². The van der Waals surface area contributed by atoms with Gasteiger partial charge in [-0.25, -0.2) is 0 Å². The number of fused-ring (bicyclic) bond motifs is 2. The van der Waals surface area contributed by atoms with E-state index in [-0.39, 0.29) is 5.91 Å². The summed E-state index contributed by atoms with van der Waals surface area (Å²) < 4.78 is 21.7. The molecule has 34 heavy (non-hydrogen) atoms. The number of ether oxygens (including phenoxy) is 4. The lowest BCUT2D eigenvalue weighted by molar-refractivity contribution is -0.127. The molecule has 2 aromatic rings. The number of benzene rings is 2. The van der Waals surface area contributed by atoms with Crippen molar-refractivity contribution in [3.63, 3.8) is 0 Å². The summed E-state index contributed by atoms with van der Waals surface area (Å²) >= 11 is 0. The molecule has 1 amide bonds. The average Bonchev–Trinajstić information content (AvgIpc) is 2.98. The van der Waals surface area contributed by atoms with Gasteiger partial charge in [-0.05, 0) is 79.0 Å². The van der Waals surface area contributed by atoms with Crippen molar-refractivity contribution in [1.82, 2.24) is 9.80 Å². The smallest absolute Gasteiger partial charge is 0.230 e. The fraction of sp³-hybridized carbons (Fsp3) is 0.444. The maximum atomic E-state index is 12.9. The number of hydrogen-bond acceptors (Lipinski definition) is 6. The lowest BCUT2D eigenvalue weighted by Crippen LogP contribution is -2.34. The number of nitrogens with zero attached hydrogens (tertiary/aromatic N) is 2. The van der Waals surface area contributed by atoms with Crippen LogP contribution in [-0.4, -0.2) is 70.8 Å². The number of carbonyl (C=O) groups excluding carboxylic acids is 1. The van der Waals surface area contributed by atoms with Crippen LogP contribution in [0.3, 0.4) is 0 Å². The van der Waals surface area contributed by atoms with Gasteiger partial charge in [0.1, 0.15) is 0 Å². The zero-order valence-corrected chi connectivity index (χ0v) is 20.7. The van der Waals surface area contributed by atoms with Crippen LogP contribution in [0.15, 0.2) is 30.5 Å². The Hall–Kier alpha value is -3.19. The molecule has 0 saturated heterocycles. The first-order chi connectivity index (χ1) is 16.5. The molecule has 0 saturated carbocycles. The molecule has 182 valence electrons. The van der Waals surface area contributed by atoms with Crippen LogP contribution >= 0.6 is 0 Å². The molecule has 1 aliphatic carbocycles. The van der Waals surface area contributed by atoms with Crippen molar-refractivity contribution in [3.8, 4) is 23.0 Å². The van der Waals surface area contributed by atoms with Crippen LogP contribution in [0.25, 0.3) is 6.08 Å². The van der Waals surface area contributed by atoms with Gasteiger partial charge in [-0.1, -0.05) is 0 Å². The van der Waals surface area contributed by atoms with Crippen LogP contribution in [0.2, 0.25) is 0 Å². The molecule has 2 aliphatic rings. The number of rotatable bonds is 10. The van der Waals surface area contributed by atoms with Crippen molar-refractivity contribution in [1.29, 1.82) is 0 Å². The molecular formula is C27H34N2O5. The molecule has 0 aromatic heterocycles. The molecule has 0 fully saturated rings.